The lowest BCUT2D eigenvalue weighted by molar-refractivity contribution is -0.140. The van der Waals surface area contributed by atoms with Crippen LogP contribution in [0.5, 0.6) is 0 Å². The molecule has 1 atom stereocenters. The van der Waals surface area contributed by atoms with Crippen molar-refractivity contribution in [2.24, 2.45) is 5.92 Å². The highest BCUT2D eigenvalue weighted by Gasteiger charge is 2.16. The van der Waals surface area contributed by atoms with Crippen LogP contribution in [0.4, 0.5) is 0 Å². The van der Waals surface area contributed by atoms with Crippen molar-refractivity contribution >= 4 is 29.6 Å². The van der Waals surface area contributed by atoms with Crippen molar-refractivity contribution in [2.45, 2.75) is 40.3 Å². The van der Waals surface area contributed by atoms with Crippen molar-refractivity contribution in [3.8, 4) is 0 Å². The fraction of sp³-hybridized carbons (Fsp3) is 0.522. The van der Waals surface area contributed by atoms with Crippen LogP contribution < -0.4 is 21.3 Å². The SMILES string of the molecule is CC(=O)NCCN(CCNC(C)=O)CC(=O)NCc1cccc(CNC(=O)[C@@H](C)CC(=O)O)c1. The van der Waals surface area contributed by atoms with Gasteiger partial charge in [0.1, 0.15) is 0 Å². The lowest BCUT2D eigenvalue weighted by Gasteiger charge is -2.22. The second-order valence-electron chi connectivity index (χ2n) is 8.06. The highest BCUT2D eigenvalue weighted by molar-refractivity contribution is 5.82. The van der Waals surface area contributed by atoms with Gasteiger partial charge < -0.3 is 26.4 Å². The molecular weight excluding hydrogens is 442 g/mol. The van der Waals surface area contributed by atoms with Gasteiger partial charge in [0.15, 0.2) is 0 Å². The summed E-state index contributed by atoms with van der Waals surface area (Å²) >= 11 is 0. The molecule has 4 amide bonds. The van der Waals surface area contributed by atoms with Crippen molar-refractivity contribution in [3.63, 3.8) is 0 Å². The number of carboxylic acid groups (broad SMARTS) is 1. The third-order valence-electron chi connectivity index (χ3n) is 4.85. The van der Waals surface area contributed by atoms with Crippen molar-refractivity contribution in [3.05, 3.63) is 35.4 Å². The van der Waals surface area contributed by atoms with Crippen LogP contribution in [0.25, 0.3) is 0 Å². The average molecular weight is 478 g/mol. The van der Waals surface area contributed by atoms with Crippen molar-refractivity contribution < 1.29 is 29.1 Å². The Labute approximate surface area is 199 Å². The maximum atomic E-state index is 12.5. The van der Waals surface area contributed by atoms with Crippen LogP contribution in [0.1, 0.15) is 38.3 Å². The van der Waals surface area contributed by atoms with E-state index in [4.69, 9.17) is 5.11 Å². The number of benzene rings is 1. The Morgan fingerprint density at radius 3 is 1.91 bits per heavy atom. The van der Waals surface area contributed by atoms with E-state index in [1.165, 1.54) is 13.8 Å². The van der Waals surface area contributed by atoms with E-state index in [-0.39, 0.29) is 43.1 Å². The number of nitrogens with zero attached hydrogens (tertiary/aromatic N) is 1. The van der Waals surface area contributed by atoms with Crippen LogP contribution in [0.3, 0.4) is 0 Å². The number of rotatable bonds is 15. The summed E-state index contributed by atoms with van der Waals surface area (Å²) in [5.41, 5.74) is 1.68. The first-order chi connectivity index (χ1) is 16.1. The number of hydrogen-bond donors (Lipinski definition) is 5. The highest BCUT2D eigenvalue weighted by Crippen LogP contribution is 2.07. The van der Waals surface area contributed by atoms with Crippen LogP contribution in [0, 0.1) is 5.92 Å². The second kappa shape index (κ2) is 15.4. The van der Waals surface area contributed by atoms with E-state index >= 15 is 0 Å². The summed E-state index contributed by atoms with van der Waals surface area (Å²) in [7, 11) is 0. The monoisotopic (exact) mass is 477 g/mol. The molecule has 34 heavy (non-hydrogen) atoms. The van der Waals surface area contributed by atoms with Crippen LogP contribution >= 0.6 is 0 Å². The Morgan fingerprint density at radius 1 is 0.882 bits per heavy atom. The number of carbonyl (C=O) groups excluding carboxylic acids is 4. The Kier molecular flexibility index (Phi) is 12.9. The van der Waals surface area contributed by atoms with Gasteiger partial charge in [-0.15, -0.1) is 0 Å². The fourth-order valence-electron chi connectivity index (χ4n) is 3.08. The summed E-state index contributed by atoms with van der Waals surface area (Å²) < 4.78 is 0. The molecule has 0 aliphatic carbocycles. The normalized spacial score (nSPS) is 11.4. The van der Waals surface area contributed by atoms with Gasteiger partial charge in [0.2, 0.25) is 23.6 Å². The topological polar surface area (TPSA) is 157 Å². The van der Waals surface area contributed by atoms with Crippen LogP contribution in [0.15, 0.2) is 24.3 Å². The molecule has 0 aliphatic rings. The maximum Gasteiger partial charge on any atom is 0.304 e. The molecular formula is C23H35N5O6. The van der Waals surface area contributed by atoms with Crippen molar-refractivity contribution in [1.82, 2.24) is 26.2 Å². The minimum Gasteiger partial charge on any atom is -0.481 e. The number of hydrogen-bond acceptors (Lipinski definition) is 6. The quantitative estimate of drug-likeness (QED) is 0.230. The lowest BCUT2D eigenvalue weighted by atomic mass is 10.1. The van der Waals surface area contributed by atoms with Gasteiger partial charge >= 0.3 is 5.97 Å². The number of amides is 4. The molecule has 1 aromatic rings. The lowest BCUT2D eigenvalue weighted by Crippen LogP contribution is -2.43. The zero-order chi connectivity index (χ0) is 25.5. The Morgan fingerprint density at radius 2 is 1.41 bits per heavy atom. The number of nitrogens with one attached hydrogen (secondary N) is 4. The predicted octanol–water partition coefficient (Wildman–Crippen LogP) is -0.396. The molecule has 0 aromatic heterocycles. The maximum absolute atomic E-state index is 12.5. The Balaban J connectivity index is 2.54. The van der Waals surface area contributed by atoms with Gasteiger partial charge in [-0.05, 0) is 11.1 Å². The number of carboxylic acids is 1. The molecule has 0 spiro atoms. The van der Waals surface area contributed by atoms with E-state index in [9.17, 15) is 24.0 Å². The minimum absolute atomic E-state index is 0.108. The minimum atomic E-state index is -1.02. The van der Waals surface area contributed by atoms with Gasteiger partial charge in [-0.25, -0.2) is 0 Å². The zero-order valence-corrected chi connectivity index (χ0v) is 20.0. The molecule has 188 valence electrons. The number of carbonyl (C=O) groups is 5. The molecule has 11 nitrogen and oxygen atoms in total. The van der Waals surface area contributed by atoms with Crippen molar-refractivity contribution in [1.29, 1.82) is 0 Å². The van der Waals surface area contributed by atoms with Gasteiger partial charge in [0.25, 0.3) is 0 Å². The summed E-state index contributed by atoms with van der Waals surface area (Å²) in [4.78, 5) is 59.2. The van der Waals surface area contributed by atoms with Crippen LogP contribution in [-0.2, 0) is 37.1 Å². The molecule has 5 N–H and O–H groups in total. The molecule has 11 heteroatoms. The van der Waals surface area contributed by atoms with Gasteiger partial charge in [0, 0.05) is 59.0 Å². The first-order valence-corrected chi connectivity index (χ1v) is 11.1. The summed E-state index contributed by atoms with van der Waals surface area (Å²) in [6, 6.07) is 7.35. The molecule has 0 saturated heterocycles. The van der Waals surface area contributed by atoms with E-state index < -0.39 is 11.9 Å². The van der Waals surface area contributed by atoms with Crippen LogP contribution in [-0.4, -0.2) is 72.3 Å². The first kappa shape index (κ1) is 28.6. The van der Waals surface area contributed by atoms with E-state index in [1.807, 2.05) is 29.2 Å². The van der Waals surface area contributed by atoms with Crippen molar-refractivity contribution in [2.75, 3.05) is 32.7 Å². The third-order valence-corrected chi connectivity index (χ3v) is 4.85. The van der Waals surface area contributed by atoms with Gasteiger partial charge in [-0.1, -0.05) is 31.2 Å². The second-order valence-corrected chi connectivity index (χ2v) is 8.06. The van der Waals surface area contributed by atoms with Gasteiger partial charge in [-0.3, -0.25) is 28.9 Å². The summed E-state index contributed by atoms with van der Waals surface area (Å²) in [6.45, 7) is 6.76. The van der Waals surface area contributed by atoms with E-state index in [1.54, 1.807) is 6.92 Å². The van der Waals surface area contributed by atoms with E-state index in [0.29, 0.717) is 32.7 Å². The summed E-state index contributed by atoms with van der Waals surface area (Å²) in [5, 5.41) is 19.7. The average Bonchev–Trinajstić information content (AvgIpc) is 2.75. The smallest absolute Gasteiger partial charge is 0.304 e. The van der Waals surface area contributed by atoms with Crippen LogP contribution in [0.2, 0.25) is 0 Å². The highest BCUT2D eigenvalue weighted by atomic mass is 16.4. The molecule has 0 bridgehead atoms. The molecule has 0 saturated carbocycles. The fourth-order valence-corrected chi connectivity index (χ4v) is 3.08. The van der Waals surface area contributed by atoms with Gasteiger partial charge in [0.05, 0.1) is 13.0 Å². The molecule has 1 rings (SSSR count). The molecule has 0 fully saturated rings. The molecule has 0 unspecified atom stereocenters. The predicted molar refractivity (Wildman–Crippen MR) is 125 cm³/mol. The number of aliphatic carboxylic acids is 1. The standard InChI is InChI=1S/C23H35N5O6/c1-16(11-22(32)33)23(34)27-14-20-6-4-5-19(12-20)13-26-21(31)15-28(9-7-24-17(2)29)10-8-25-18(3)30/h4-6,12,16H,7-11,13-15H2,1-3H3,(H,24,29)(H,25,30)(H,26,31)(H,27,34)(H,32,33)/t16-/m0/s1. The van der Waals surface area contributed by atoms with Gasteiger partial charge in [-0.2, -0.15) is 0 Å². The first-order valence-electron chi connectivity index (χ1n) is 11.1. The summed E-state index contributed by atoms with van der Waals surface area (Å²) in [5.74, 6) is -2.49. The van der Waals surface area contributed by atoms with E-state index in [2.05, 4.69) is 21.3 Å². The zero-order valence-electron chi connectivity index (χ0n) is 20.0. The Bertz CT molecular complexity index is 840. The third kappa shape index (κ3) is 13.2. The molecule has 0 heterocycles. The molecule has 0 aliphatic heterocycles. The molecule has 1 aromatic carbocycles. The Hall–Kier alpha value is -3.47. The summed E-state index contributed by atoms with van der Waals surface area (Å²) in [6.07, 6.45) is -0.232. The largest absolute Gasteiger partial charge is 0.481 e. The molecule has 0 radical (unpaired) electrons. The van der Waals surface area contributed by atoms with E-state index in [0.717, 1.165) is 11.1 Å².